The maximum atomic E-state index is 13.5. The van der Waals surface area contributed by atoms with Crippen molar-refractivity contribution in [3.63, 3.8) is 0 Å². The van der Waals surface area contributed by atoms with Gasteiger partial charge in [0.2, 0.25) is 0 Å². The highest BCUT2D eigenvalue weighted by Gasteiger charge is 2.32. The Morgan fingerprint density at radius 2 is 1.75 bits per heavy atom. The van der Waals surface area contributed by atoms with Gasteiger partial charge in [-0.3, -0.25) is 0 Å². The minimum Gasteiger partial charge on any atom is -0.313 e. The number of benzene rings is 3. The van der Waals surface area contributed by atoms with Crippen molar-refractivity contribution in [2.75, 3.05) is 11.9 Å². The van der Waals surface area contributed by atoms with E-state index in [9.17, 15) is 13.6 Å². The maximum absolute atomic E-state index is 13.5. The highest BCUT2D eigenvalue weighted by atomic mass is 35.5. The molecule has 0 saturated carbocycles. The molecule has 3 nitrogen and oxygen atoms in total. The van der Waals surface area contributed by atoms with Gasteiger partial charge in [-0.2, -0.15) is 0 Å². The summed E-state index contributed by atoms with van der Waals surface area (Å²) in [6.45, 7) is 0.500. The van der Waals surface area contributed by atoms with E-state index in [1.165, 1.54) is 11.6 Å². The molecule has 1 N–H and O–H groups in total. The fourth-order valence-electron chi connectivity index (χ4n) is 3.56. The minimum absolute atomic E-state index is 0.206. The molecule has 1 heterocycles. The van der Waals surface area contributed by atoms with Gasteiger partial charge in [-0.1, -0.05) is 48.0 Å². The average molecular weight is 399 g/mol. The van der Waals surface area contributed by atoms with Crippen LogP contribution in [0.2, 0.25) is 5.02 Å². The predicted molar refractivity (Wildman–Crippen MR) is 106 cm³/mol. The largest absolute Gasteiger partial charge is 0.322 e. The summed E-state index contributed by atoms with van der Waals surface area (Å²) in [6, 6.07) is 18.0. The van der Waals surface area contributed by atoms with Gasteiger partial charge in [0.25, 0.3) is 0 Å². The van der Waals surface area contributed by atoms with Gasteiger partial charge in [0.05, 0.1) is 6.04 Å². The van der Waals surface area contributed by atoms with Crippen LogP contribution in [0.4, 0.5) is 19.3 Å². The number of carbonyl (C=O) groups excluding carboxylic acids is 1. The fourth-order valence-corrected chi connectivity index (χ4v) is 3.69. The highest BCUT2D eigenvalue weighted by molar-refractivity contribution is 6.30. The van der Waals surface area contributed by atoms with Crippen molar-refractivity contribution in [2.24, 2.45) is 0 Å². The van der Waals surface area contributed by atoms with Crippen LogP contribution in [-0.2, 0) is 6.42 Å². The van der Waals surface area contributed by atoms with Crippen molar-refractivity contribution in [3.05, 3.63) is 100 Å². The van der Waals surface area contributed by atoms with Crippen LogP contribution >= 0.6 is 11.6 Å². The number of rotatable bonds is 2. The molecule has 0 bridgehead atoms. The lowest BCUT2D eigenvalue weighted by atomic mass is 9.88. The molecule has 0 spiro atoms. The van der Waals surface area contributed by atoms with Crippen molar-refractivity contribution >= 4 is 23.3 Å². The summed E-state index contributed by atoms with van der Waals surface area (Å²) < 4.78 is 26.7. The van der Waals surface area contributed by atoms with Gasteiger partial charge >= 0.3 is 6.03 Å². The Morgan fingerprint density at radius 1 is 1.00 bits per heavy atom. The second-order valence-electron chi connectivity index (χ2n) is 6.66. The first kappa shape index (κ1) is 18.4. The number of amides is 2. The average Bonchev–Trinajstić information content (AvgIpc) is 2.70. The Labute approximate surface area is 166 Å². The smallest absolute Gasteiger partial charge is 0.313 e. The molecule has 0 aromatic heterocycles. The van der Waals surface area contributed by atoms with E-state index in [2.05, 4.69) is 11.4 Å². The van der Waals surface area contributed by atoms with Gasteiger partial charge in [0.15, 0.2) is 11.6 Å². The van der Waals surface area contributed by atoms with Gasteiger partial charge in [-0.05, 0) is 47.4 Å². The zero-order valence-corrected chi connectivity index (χ0v) is 15.6. The van der Waals surface area contributed by atoms with Crippen LogP contribution in [0.25, 0.3) is 0 Å². The quantitative estimate of drug-likeness (QED) is 0.581. The lowest BCUT2D eigenvalue weighted by Gasteiger charge is -2.37. The molecule has 142 valence electrons. The molecule has 2 amide bonds. The number of anilines is 1. The van der Waals surface area contributed by atoms with E-state index >= 15 is 0 Å². The summed E-state index contributed by atoms with van der Waals surface area (Å²) in [5.41, 5.74) is 3.35. The summed E-state index contributed by atoms with van der Waals surface area (Å²) in [6.07, 6.45) is 0.714. The zero-order chi connectivity index (χ0) is 19.7. The van der Waals surface area contributed by atoms with Crippen molar-refractivity contribution in [3.8, 4) is 0 Å². The van der Waals surface area contributed by atoms with Gasteiger partial charge < -0.3 is 10.2 Å². The van der Waals surface area contributed by atoms with Gasteiger partial charge in [0.1, 0.15) is 0 Å². The van der Waals surface area contributed by atoms with Gasteiger partial charge in [-0.25, -0.2) is 13.6 Å². The zero-order valence-electron chi connectivity index (χ0n) is 14.8. The standard InChI is InChI=1S/C22H17ClF2N2O/c23-16-7-5-15(6-8-16)21-18-4-2-1-3-14(18)11-12-27(21)22(28)26-17-9-10-19(24)20(25)13-17/h1-10,13,21H,11-12H2,(H,26,28). The third kappa shape index (κ3) is 3.58. The number of fused-ring (bicyclic) bond motifs is 1. The first-order chi connectivity index (χ1) is 13.5. The topological polar surface area (TPSA) is 32.3 Å². The molecule has 3 aromatic carbocycles. The Hall–Kier alpha value is -2.92. The predicted octanol–water partition coefficient (Wildman–Crippen LogP) is 5.80. The molecular weight excluding hydrogens is 382 g/mol. The van der Waals surface area contributed by atoms with E-state index in [-0.39, 0.29) is 17.8 Å². The lowest BCUT2D eigenvalue weighted by Crippen LogP contribution is -2.43. The molecule has 0 aliphatic carbocycles. The number of halogens is 3. The van der Waals surface area contributed by atoms with Gasteiger partial charge in [0, 0.05) is 23.3 Å². The van der Waals surface area contributed by atoms with Crippen LogP contribution in [-0.4, -0.2) is 17.5 Å². The van der Waals surface area contributed by atoms with Crippen molar-refractivity contribution in [1.82, 2.24) is 4.90 Å². The molecule has 1 aliphatic rings. The van der Waals surface area contributed by atoms with Crippen molar-refractivity contribution in [2.45, 2.75) is 12.5 Å². The second-order valence-corrected chi connectivity index (χ2v) is 7.09. The van der Waals surface area contributed by atoms with Crippen LogP contribution in [0.5, 0.6) is 0 Å². The molecule has 3 aromatic rings. The molecule has 4 rings (SSSR count). The molecule has 1 unspecified atom stereocenters. The first-order valence-corrected chi connectivity index (χ1v) is 9.26. The summed E-state index contributed by atoms with van der Waals surface area (Å²) in [5.74, 6) is -1.96. The third-order valence-electron chi connectivity index (χ3n) is 4.90. The Balaban J connectivity index is 1.68. The molecule has 28 heavy (non-hydrogen) atoms. The van der Waals surface area contributed by atoms with Crippen LogP contribution < -0.4 is 5.32 Å². The number of nitrogens with one attached hydrogen (secondary N) is 1. The Kier molecular flexibility index (Phi) is 5.01. The number of carbonyl (C=O) groups is 1. The number of nitrogens with zero attached hydrogens (tertiary/aromatic N) is 1. The molecule has 6 heteroatoms. The monoisotopic (exact) mass is 398 g/mol. The molecule has 1 atom stereocenters. The molecule has 1 aliphatic heterocycles. The van der Waals surface area contributed by atoms with Crippen molar-refractivity contribution in [1.29, 1.82) is 0 Å². The summed E-state index contributed by atoms with van der Waals surface area (Å²) >= 11 is 6.03. The minimum atomic E-state index is -1.00. The van der Waals surface area contributed by atoms with Crippen LogP contribution in [0.3, 0.4) is 0 Å². The van der Waals surface area contributed by atoms with Crippen LogP contribution in [0.1, 0.15) is 22.7 Å². The summed E-state index contributed by atoms with van der Waals surface area (Å²) in [7, 11) is 0. The van der Waals surface area contributed by atoms with Crippen molar-refractivity contribution < 1.29 is 13.6 Å². The van der Waals surface area contributed by atoms with Crippen LogP contribution in [0.15, 0.2) is 66.7 Å². The van der Waals surface area contributed by atoms with E-state index in [1.807, 2.05) is 30.3 Å². The van der Waals surface area contributed by atoms with E-state index in [0.717, 1.165) is 23.3 Å². The van der Waals surface area contributed by atoms with E-state index < -0.39 is 11.6 Å². The lowest BCUT2D eigenvalue weighted by molar-refractivity contribution is 0.194. The second kappa shape index (κ2) is 7.60. The first-order valence-electron chi connectivity index (χ1n) is 8.89. The van der Waals surface area contributed by atoms with E-state index in [0.29, 0.717) is 18.0 Å². The summed E-state index contributed by atoms with van der Waals surface area (Å²) in [5, 5.41) is 3.29. The van der Waals surface area contributed by atoms with Gasteiger partial charge in [-0.15, -0.1) is 0 Å². The third-order valence-corrected chi connectivity index (χ3v) is 5.15. The number of hydrogen-bond acceptors (Lipinski definition) is 1. The van der Waals surface area contributed by atoms with Crippen LogP contribution in [0, 0.1) is 11.6 Å². The number of urea groups is 1. The molecule has 0 radical (unpaired) electrons. The molecular formula is C22H17ClF2N2O. The normalized spacial score (nSPS) is 15.8. The SMILES string of the molecule is O=C(Nc1ccc(F)c(F)c1)N1CCc2ccccc2C1c1ccc(Cl)cc1. The molecule has 0 fully saturated rings. The Morgan fingerprint density at radius 3 is 2.50 bits per heavy atom. The van der Waals surface area contributed by atoms with E-state index in [4.69, 9.17) is 11.6 Å². The maximum Gasteiger partial charge on any atom is 0.322 e. The number of hydrogen-bond donors (Lipinski definition) is 1. The fraction of sp³-hybridized carbons (Fsp3) is 0.136. The summed E-state index contributed by atoms with van der Waals surface area (Å²) in [4.78, 5) is 14.7. The Bertz CT molecular complexity index is 1020. The highest BCUT2D eigenvalue weighted by Crippen LogP contribution is 2.36. The van der Waals surface area contributed by atoms with E-state index in [1.54, 1.807) is 17.0 Å². The molecule has 0 saturated heterocycles.